The van der Waals surface area contributed by atoms with Crippen molar-refractivity contribution < 1.29 is 14.3 Å². The Kier molecular flexibility index (Phi) is 8.44. The van der Waals surface area contributed by atoms with Gasteiger partial charge in [0, 0.05) is 36.1 Å². The van der Waals surface area contributed by atoms with Crippen LogP contribution in [0.5, 0.6) is 5.75 Å². The summed E-state index contributed by atoms with van der Waals surface area (Å²) in [5, 5.41) is 2.94. The Hall–Kier alpha value is -4.45. The fourth-order valence-corrected chi connectivity index (χ4v) is 3.88. The summed E-state index contributed by atoms with van der Waals surface area (Å²) in [6.45, 7) is 0.956. The SMILES string of the molecule is COc1cccc(C(=O)N(Cc2ccccc2)c2ccc(CC(=O)NCCc3ccccn3)cc2)c1. The van der Waals surface area contributed by atoms with Crippen molar-refractivity contribution in [3.63, 3.8) is 0 Å². The van der Waals surface area contributed by atoms with Crippen LogP contribution >= 0.6 is 0 Å². The van der Waals surface area contributed by atoms with E-state index < -0.39 is 0 Å². The first-order valence-electron chi connectivity index (χ1n) is 11.9. The van der Waals surface area contributed by atoms with Gasteiger partial charge in [-0.05, 0) is 53.6 Å². The van der Waals surface area contributed by atoms with Gasteiger partial charge in [0.15, 0.2) is 0 Å². The summed E-state index contributed by atoms with van der Waals surface area (Å²) in [4.78, 5) is 31.9. The van der Waals surface area contributed by atoms with Crippen molar-refractivity contribution in [1.29, 1.82) is 0 Å². The molecule has 6 nitrogen and oxygen atoms in total. The Balaban J connectivity index is 1.45. The molecular formula is C30H29N3O3. The molecule has 0 radical (unpaired) electrons. The minimum Gasteiger partial charge on any atom is -0.497 e. The predicted octanol–water partition coefficient (Wildman–Crippen LogP) is 4.84. The Morgan fingerprint density at radius 3 is 2.36 bits per heavy atom. The van der Waals surface area contributed by atoms with Crippen molar-refractivity contribution in [3.8, 4) is 5.75 Å². The van der Waals surface area contributed by atoms with Crippen LogP contribution in [0.15, 0.2) is 103 Å². The minimum absolute atomic E-state index is 0.0488. The van der Waals surface area contributed by atoms with Crippen LogP contribution in [0.3, 0.4) is 0 Å². The van der Waals surface area contributed by atoms with Crippen molar-refractivity contribution >= 4 is 17.5 Å². The number of benzene rings is 3. The minimum atomic E-state index is -0.127. The molecule has 6 heteroatoms. The molecule has 0 bridgehead atoms. The van der Waals surface area contributed by atoms with Gasteiger partial charge >= 0.3 is 0 Å². The molecule has 182 valence electrons. The van der Waals surface area contributed by atoms with E-state index in [-0.39, 0.29) is 18.2 Å². The van der Waals surface area contributed by atoms with Crippen molar-refractivity contribution in [1.82, 2.24) is 10.3 Å². The van der Waals surface area contributed by atoms with Gasteiger partial charge in [0.05, 0.1) is 20.1 Å². The molecule has 1 N–H and O–H groups in total. The Bertz CT molecular complexity index is 1280. The van der Waals surface area contributed by atoms with E-state index in [9.17, 15) is 9.59 Å². The third-order valence-electron chi connectivity index (χ3n) is 5.79. The van der Waals surface area contributed by atoms with E-state index in [4.69, 9.17) is 4.74 Å². The molecule has 0 aliphatic rings. The Morgan fingerprint density at radius 2 is 1.64 bits per heavy atom. The molecule has 3 aromatic carbocycles. The fraction of sp³-hybridized carbons (Fsp3) is 0.167. The van der Waals surface area contributed by atoms with Crippen molar-refractivity contribution in [2.24, 2.45) is 0 Å². The van der Waals surface area contributed by atoms with Crippen LogP contribution in [-0.2, 0) is 24.2 Å². The van der Waals surface area contributed by atoms with E-state index in [2.05, 4.69) is 10.3 Å². The summed E-state index contributed by atoms with van der Waals surface area (Å²) in [5.74, 6) is 0.454. The molecule has 0 spiro atoms. The molecule has 0 saturated carbocycles. The van der Waals surface area contributed by atoms with Gasteiger partial charge in [0.1, 0.15) is 5.75 Å². The van der Waals surface area contributed by atoms with Crippen LogP contribution in [0.4, 0.5) is 5.69 Å². The lowest BCUT2D eigenvalue weighted by Crippen LogP contribution is -2.30. The molecule has 0 saturated heterocycles. The van der Waals surface area contributed by atoms with E-state index in [1.807, 2.05) is 84.9 Å². The van der Waals surface area contributed by atoms with E-state index in [1.165, 1.54) is 0 Å². The van der Waals surface area contributed by atoms with Gasteiger partial charge in [-0.15, -0.1) is 0 Å². The number of carbonyl (C=O) groups is 2. The van der Waals surface area contributed by atoms with Crippen LogP contribution in [0.2, 0.25) is 0 Å². The average Bonchev–Trinajstić information content (AvgIpc) is 2.93. The summed E-state index contributed by atoms with van der Waals surface area (Å²) in [6, 6.07) is 30.3. The zero-order valence-corrected chi connectivity index (χ0v) is 20.3. The van der Waals surface area contributed by atoms with Gasteiger partial charge in [-0.3, -0.25) is 14.6 Å². The maximum absolute atomic E-state index is 13.5. The third kappa shape index (κ3) is 6.79. The molecule has 36 heavy (non-hydrogen) atoms. The Labute approximate surface area is 211 Å². The highest BCUT2D eigenvalue weighted by Gasteiger charge is 2.19. The third-order valence-corrected chi connectivity index (χ3v) is 5.79. The highest BCUT2D eigenvalue weighted by Crippen LogP contribution is 2.23. The summed E-state index contributed by atoms with van der Waals surface area (Å²) in [6.07, 6.45) is 2.70. The number of hydrogen-bond acceptors (Lipinski definition) is 4. The first-order chi connectivity index (χ1) is 17.6. The summed E-state index contributed by atoms with van der Waals surface area (Å²) in [7, 11) is 1.58. The number of carbonyl (C=O) groups excluding carboxylic acids is 2. The molecule has 1 heterocycles. The second kappa shape index (κ2) is 12.3. The number of ether oxygens (including phenoxy) is 1. The molecule has 1 aromatic heterocycles. The van der Waals surface area contributed by atoms with Crippen LogP contribution in [0, 0.1) is 0 Å². The highest BCUT2D eigenvalue weighted by atomic mass is 16.5. The van der Waals surface area contributed by atoms with Gasteiger partial charge in [-0.1, -0.05) is 54.6 Å². The van der Waals surface area contributed by atoms with Gasteiger partial charge in [-0.25, -0.2) is 0 Å². The van der Waals surface area contributed by atoms with E-state index in [0.717, 1.165) is 22.5 Å². The molecule has 0 unspecified atom stereocenters. The normalized spacial score (nSPS) is 10.5. The molecule has 4 rings (SSSR count). The number of aromatic nitrogens is 1. The van der Waals surface area contributed by atoms with Gasteiger partial charge < -0.3 is 15.0 Å². The van der Waals surface area contributed by atoms with Crippen molar-refractivity contribution in [2.45, 2.75) is 19.4 Å². The quantitative estimate of drug-likeness (QED) is 0.353. The lowest BCUT2D eigenvalue weighted by Gasteiger charge is -2.24. The number of nitrogens with one attached hydrogen (secondary N) is 1. The number of hydrogen-bond donors (Lipinski definition) is 1. The molecule has 4 aromatic rings. The lowest BCUT2D eigenvalue weighted by molar-refractivity contribution is -0.120. The van der Waals surface area contributed by atoms with Gasteiger partial charge in [0.25, 0.3) is 5.91 Å². The maximum Gasteiger partial charge on any atom is 0.258 e. The monoisotopic (exact) mass is 479 g/mol. The standard InChI is InChI=1S/C30H29N3O3/c1-36-28-12-7-10-25(21-28)30(35)33(22-24-8-3-2-4-9-24)27-15-13-23(14-16-27)20-29(34)32-19-17-26-11-5-6-18-31-26/h2-16,18,21H,17,19-20,22H2,1H3,(H,32,34). The largest absolute Gasteiger partial charge is 0.497 e. The number of nitrogens with zero attached hydrogens (tertiary/aromatic N) is 2. The summed E-state index contributed by atoms with van der Waals surface area (Å²) < 4.78 is 5.30. The van der Waals surface area contributed by atoms with Crippen LogP contribution < -0.4 is 15.0 Å². The topological polar surface area (TPSA) is 71.5 Å². The summed E-state index contributed by atoms with van der Waals surface area (Å²) >= 11 is 0. The second-order valence-corrected chi connectivity index (χ2v) is 8.37. The smallest absolute Gasteiger partial charge is 0.258 e. The average molecular weight is 480 g/mol. The van der Waals surface area contributed by atoms with E-state index >= 15 is 0 Å². The van der Waals surface area contributed by atoms with E-state index in [0.29, 0.717) is 30.8 Å². The fourth-order valence-electron chi connectivity index (χ4n) is 3.88. The van der Waals surface area contributed by atoms with Gasteiger partial charge in [0.2, 0.25) is 5.91 Å². The maximum atomic E-state index is 13.5. The molecule has 0 aliphatic carbocycles. The predicted molar refractivity (Wildman–Crippen MR) is 141 cm³/mol. The molecule has 0 atom stereocenters. The Morgan fingerprint density at radius 1 is 0.861 bits per heavy atom. The number of rotatable bonds is 10. The first-order valence-corrected chi connectivity index (χ1v) is 11.9. The van der Waals surface area contributed by atoms with Crippen LogP contribution in [-0.4, -0.2) is 30.5 Å². The van der Waals surface area contributed by atoms with E-state index in [1.54, 1.807) is 30.3 Å². The number of methoxy groups -OCH3 is 1. The van der Waals surface area contributed by atoms with Crippen molar-refractivity contribution in [3.05, 3.63) is 126 Å². The molecule has 0 aliphatic heterocycles. The lowest BCUT2D eigenvalue weighted by atomic mass is 10.1. The molecular weight excluding hydrogens is 450 g/mol. The molecule has 2 amide bonds. The summed E-state index contributed by atoms with van der Waals surface area (Å²) in [5.41, 5.74) is 4.14. The molecule has 0 fully saturated rings. The highest BCUT2D eigenvalue weighted by molar-refractivity contribution is 6.06. The number of amides is 2. The zero-order chi connectivity index (χ0) is 25.2. The number of anilines is 1. The van der Waals surface area contributed by atoms with Gasteiger partial charge in [-0.2, -0.15) is 0 Å². The number of pyridine rings is 1. The van der Waals surface area contributed by atoms with Crippen molar-refractivity contribution in [2.75, 3.05) is 18.6 Å². The zero-order valence-electron chi connectivity index (χ0n) is 20.3. The van der Waals surface area contributed by atoms with Crippen LogP contribution in [0.25, 0.3) is 0 Å². The van der Waals surface area contributed by atoms with Crippen LogP contribution in [0.1, 0.15) is 27.2 Å². The second-order valence-electron chi connectivity index (χ2n) is 8.37. The first kappa shape index (κ1) is 24.7.